The Morgan fingerprint density at radius 1 is 0.483 bits per heavy atom. The van der Waals surface area contributed by atoms with Crippen LogP contribution in [0.2, 0.25) is 0 Å². The Balaban J connectivity index is -0.00000103. The van der Waals surface area contributed by atoms with Gasteiger partial charge in [-0.2, -0.15) is 0 Å². The zero-order valence-electron chi connectivity index (χ0n) is 58.2. The maximum Gasteiger partial charge on any atom is 0.408 e. The van der Waals surface area contributed by atoms with Crippen LogP contribution in [0.4, 0.5) is 19.2 Å². The second kappa shape index (κ2) is 38.2. The van der Waals surface area contributed by atoms with Gasteiger partial charge in [0.2, 0.25) is 5.91 Å². The molecule has 23 heteroatoms. The Bertz CT molecular complexity index is 2100. The van der Waals surface area contributed by atoms with Crippen LogP contribution in [0.15, 0.2) is 12.2 Å². The highest BCUT2D eigenvalue weighted by atomic mass is 16.6. The lowest BCUT2D eigenvalue weighted by Gasteiger charge is -2.31. The molecule has 0 aromatic rings. The minimum atomic E-state index is -0.728. The fraction of sp³-hybridized carbons (Fsp3) is 0.828. The first kappa shape index (κ1) is 85.8. The molecular weight excluding hydrogens is 1130 g/mol. The highest BCUT2D eigenvalue weighted by molar-refractivity contribution is 6.00. The molecule has 3 aliphatic heterocycles. The molecule has 0 aromatic heterocycles. The van der Waals surface area contributed by atoms with E-state index in [1.54, 1.807) is 116 Å². The van der Waals surface area contributed by atoms with Gasteiger partial charge in [-0.05, 0) is 171 Å². The van der Waals surface area contributed by atoms with Crippen LogP contribution in [0.1, 0.15) is 212 Å². The summed E-state index contributed by atoms with van der Waals surface area (Å²) in [4.78, 5) is 108. The van der Waals surface area contributed by atoms with Crippen molar-refractivity contribution in [3.8, 4) is 0 Å². The fourth-order valence-corrected chi connectivity index (χ4v) is 7.95. The molecule has 5 amide bonds. The number of carbonyl (C=O) groups excluding carboxylic acids is 8. The topological polar surface area (TPSA) is 328 Å². The van der Waals surface area contributed by atoms with Crippen LogP contribution < -0.4 is 21.3 Å². The molecule has 3 aliphatic rings. The Hall–Kier alpha value is -5.39. The monoisotopic (exact) mass is 1250 g/mol. The third-order valence-electron chi connectivity index (χ3n) is 12.0. The van der Waals surface area contributed by atoms with E-state index in [-0.39, 0.29) is 34.7 Å². The summed E-state index contributed by atoms with van der Waals surface area (Å²) in [6, 6.07) is -2.21. The summed E-state index contributed by atoms with van der Waals surface area (Å²) in [5.74, 6) is 0.442. The summed E-state index contributed by atoms with van der Waals surface area (Å²) < 4.78 is 36.3. The number of ketones is 3. The third-order valence-corrected chi connectivity index (χ3v) is 12.0. The number of hydrogen-bond donors (Lipinski definition) is 5. The number of Topliss-reactive ketones (excluding diaryl/α,β-unsaturated/α-hetero) is 3. The second-order valence-electron chi connectivity index (χ2n) is 29.0. The summed E-state index contributed by atoms with van der Waals surface area (Å²) in [7, 11) is 0. The first-order chi connectivity index (χ1) is 38.8. The molecule has 87 heavy (non-hydrogen) atoms. The van der Waals surface area contributed by atoms with Crippen molar-refractivity contribution in [2.24, 2.45) is 35.5 Å². The molecular formula is C64H119N5O18. The van der Waals surface area contributed by atoms with Crippen LogP contribution in [0, 0.1) is 35.5 Å². The average Bonchev–Trinajstić information content (AvgIpc) is 2.28. The molecule has 23 nitrogen and oxygen atoms in total. The van der Waals surface area contributed by atoms with E-state index < -0.39 is 88.1 Å². The maximum atomic E-state index is 12.5. The fourth-order valence-electron chi connectivity index (χ4n) is 7.95. The van der Waals surface area contributed by atoms with E-state index in [1.165, 1.54) is 0 Å². The quantitative estimate of drug-likeness (QED) is 0.0382. The summed E-state index contributed by atoms with van der Waals surface area (Å²) in [6.07, 6.45) is 0.869. The largest absolute Gasteiger partial charge is 0.481 e. The SMILES string of the molecule is C=C(C)C(=O)[C@@H](CC(C)C)NC(=O)OC(C)(C)C.CC(C)C[C@@H](C)C(=O)O.CC(C)C[C@@H](NC(=O)OC(C)(C)C)C(=O)N1CCOCC1.CC(C)C[C@@H](NC(=O)OC(C)(C)C)C(=O)[C@@]1(C)CO1.CC(C)C[C@H](NC(=O)OC(C)(C)C)C(=O)[C@@]1(C)CO1.O. The van der Waals surface area contributed by atoms with Crippen molar-refractivity contribution in [3.05, 3.63) is 12.2 Å². The van der Waals surface area contributed by atoms with Gasteiger partial charge < -0.3 is 69.9 Å². The number of hydrogen-bond acceptors (Lipinski definition) is 16. The van der Waals surface area contributed by atoms with Crippen LogP contribution in [0.5, 0.6) is 0 Å². The predicted molar refractivity (Wildman–Crippen MR) is 336 cm³/mol. The molecule has 7 N–H and O–H groups in total. The zero-order valence-corrected chi connectivity index (χ0v) is 58.2. The Morgan fingerprint density at radius 3 is 0.966 bits per heavy atom. The van der Waals surface area contributed by atoms with Gasteiger partial charge in [-0.3, -0.25) is 24.0 Å². The lowest BCUT2D eigenvalue weighted by Crippen LogP contribution is -2.52. The number of amides is 5. The predicted octanol–water partition coefficient (Wildman–Crippen LogP) is 10.4. The number of rotatable bonds is 22. The second-order valence-corrected chi connectivity index (χ2v) is 29.0. The summed E-state index contributed by atoms with van der Waals surface area (Å²) >= 11 is 0. The summed E-state index contributed by atoms with van der Waals surface area (Å²) in [5, 5.41) is 19.1. The van der Waals surface area contributed by atoms with Gasteiger partial charge >= 0.3 is 30.3 Å². The van der Waals surface area contributed by atoms with Crippen molar-refractivity contribution < 1.29 is 86.9 Å². The van der Waals surface area contributed by atoms with Crippen LogP contribution in [0.3, 0.4) is 0 Å². The van der Waals surface area contributed by atoms with Crippen LogP contribution in [0.25, 0.3) is 0 Å². The molecule has 0 spiro atoms. The van der Waals surface area contributed by atoms with Crippen LogP contribution in [-0.2, 0) is 57.1 Å². The van der Waals surface area contributed by atoms with Gasteiger partial charge in [-0.15, -0.1) is 0 Å². The normalized spacial score (nSPS) is 18.8. The van der Waals surface area contributed by atoms with Crippen molar-refractivity contribution in [1.29, 1.82) is 0 Å². The molecule has 0 bridgehead atoms. The van der Waals surface area contributed by atoms with E-state index in [1.807, 2.05) is 69.2 Å². The van der Waals surface area contributed by atoms with Gasteiger partial charge in [0.15, 0.2) is 17.3 Å². The molecule has 0 saturated carbocycles. The van der Waals surface area contributed by atoms with E-state index in [4.69, 9.17) is 38.3 Å². The van der Waals surface area contributed by atoms with Crippen molar-refractivity contribution in [1.82, 2.24) is 26.2 Å². The molecule has 3 rings (SSSR count). The van der Waals surface area contributed by atoms with Crippen molar-refractivity contribution in [3.63, 3.8) is 0 Å². The Kier molecular flexibility index (Phi) is 37.7. The number of morpholine rings is 1. The minimum Gasteiger partial charge on any atom is -0.481 e. The molecule has 3 heterocycles. The highest BCUT2D eigenvalue weighted by Gasteiger charge is 2.51. The average molecular weight is 1250 g/mol. The number of aliphatic carboxylic acids is 1. The Morgan fingerprint density at radius 2 is 0.736 bits per heavy atom. The molecule has 0 aliphatic carbocycles. The molecule has 0 radical (unpaired) electrons. The first-order valence-electron chi connectivity index (χ1n) is 30.5. The zero-order chi connectivity index (χ0) is 67.7. The van der Waals surface area contributed by atoms with Crippen molar-refractivity contribution in [2.75, 3.05) is 39.5 Å². The smallest absolute Gasteiger partial charge is 0.408 e. The number of ether oxygens (including phenoxy) is 7. The number of carbonyl (C=O) groups is 9. The van der Waals surface area contributed by atoms with Gasteiger partial charge in [0, 0.05) is 13.1 Å². The van der Waals surface area contributed by atoms with Gasteiger partial charge in [-0.25, -0.2) is 19.2 Å². The highest BCUT2D eigenvalue weighted by Crippen LogP contribution is 2.31. The number of carboxylic acids is 1. The first-order valence-corrected chi connectivity index (χ1v) is 30.5. The molecule has 3 saturated heterocycles. The van der Waals surface area contributed by atoms with Gasteiger partial charge in [0.1, 0.15) is 39.6 Å². The molecule has 3 fully saturated rings. The van der Waals surface area contributed by atoms with E-state index in [0.717, 1.165) is 6.42 Å². The van der Waals surface area contributed by atoms with Gasteiger partial charge in [-0.1, -0.05) is 82.7 Å². The lowest BCUT2D eigenvalue weighted by atomic mass is 9.93. The van der Waals surface area contributed by atoms with Gasteiger partial charge in [0.25, 0.3) is 0 Å². The number of nitrogens with one attached hydrogen (secondary N) is 4. The standard InChI is InChI=1S/C15H28N2O4.2C14H25NO4.C14H25NO3.C7H14O2.H2O/c1-11(2)10-12(16-14(19)21-15(3,4)5)13(18)17-6-8-20-9-7-17;2*1-9(2)7-10(11(16)14(6)8-18-14)15-12(17)19-13(3,4)5;1-9(2)8-11(12(16)10(3)4)15-13(17)18-14(5,6)7;1-5(2)4-6(3)7(8)9;/h11-12H,6-10H2,1-5H3,(H,16,19);2*9-10H,7-8H2,1-6H3,(H,15,17);9,11H,3,8H2,1-2,4-7H3,(H,15,17);5-6H,4H2,1-3H3,(H,8,9);1H2/t12-;10-,14+;10-,14-;11-;6-;/m10111./s1. The lowest BCUT2D eigenvalue weighted by molar-refractivity contribution is -0.141. The van der Waals surface area contributed by atoms with Gasteiger partial charge in [0.05, 0.1) is 50.5 Å². The van der Waals surface area contributed by atoms with Crippen molar-refractivity contribution >= 4 is 53.6 Å². The van der Waals surface area contributed by atoms with Crippen LogP contribution in [-0.4, -0.2) is 166 Å². The summed E-state index contributed by atoms with van der Waals surface area (Å²) in [5.41, 5.74) is -3.31. The van der Waals surface area contributed by atoms with Crippen LogP contribution >= 0.6 is 0 Å². The molecule has 508 valence electrons. The number of alkyl carbamates (subject to hydrolysis) is 4. The summed E-state index contributed by atoms with van der Waals surface area (Å²) in [6.45, 7) is 55.2. The van der Waals surface area contributed by atoms with E-state index in [0.29, 0.717) is 100 Å². The number of nitrogens with zero attached hydrogens (tertiary/aromatic N) is 1. The molecule has 0 aromatic carbocycles. The van der Waals surface area contributed by atoms with Crippen molar-refractivity contribution in [2.45, 2.75) is 270 Å². The molecule has 7 atom stereocenters. The van der Waals surface area contributed by atoms with E-state index in [9.17, 15) is 43.2 Å². The minimum absolute atomic E-state index is 0. The number of carboxylic acid groups (broad SMARTS) is 1. The molecule has 0 unspecified atom stereocenters. The Labute approximate surface area is 522 Å². The maximum absolute atomic E-state index is 12.5. The number of epoxide rings is 2. The third kappa shape index (κ3) is 42.2. The van der Waals surface area contributed by atoms with E-state index >= 15 is 0 Å². The van der Waals surface area contributed by atoms with E-state index in [2.05, 4.69) is 27.8 Å².